The van der Waals surface area contributed by atoms with Crippen molar-refractivity contribution in [2.75, 3.05) is 5.32 Å². The zero-order chi connectivity index (χ0) is 10.3. The van der Waals surface area contributed by atoms with Crippen LogP contribution in [0.5, 0.6) is 0 Å². The third-order valence-corrected chi connectivity index (χ3v) is 2.11. The van der Waals surface area contributed by atoms with Crippen molar-refractivity contribution < 1.29 is 9.90 Å². The van der Waals surface area contributed by atoms with Gasteiger partial charge in [-0.15, -0.1) is 0 Å². The van der Waals surface area contributed by atoms with Crippen molar-refractivity contribution in [3.63, 3.8) is 0 Å². The summed E-state index contributed by atoms with van der Waals surface area (Å²) in [6, 6.07) is 0.192. The van der Waals surface area contributed by atoms with E-state index in [9.17, 15) is 9.90 Å². The third-order valence-electron chi connectivity index (χ3n) is 2.11. The quantitative estimate of drug-likeness (QED) is 0.585. The molecular weight excluding hydrogens is 184 g/mol. The molecule has 0 aromatic carbocycles. The van der Waals surface area contributed by atoms with Gasteiger partial charge in [0, 0.05) is 6.04 Å². The molecule has 6 nitrogen and oxygen atoms in total. The monoisotopic (exact) mass is 196 g/mol. The summed E-state index contributed by atoms with van der Waals surface area (Å²) < 4.78 is 1.80. The molecule has 0 saturated carbocycles. The Bertz CT molecular complexity index is 371. The summed E-state index contributed by atoms with van der Waals surface area (Å²) in [5.41, 5.74) is 0.323. The molecule has 0 spiro atoms. The molecule has 1 amide bonds. The molecule has 2 rings (SSSR count). The van der Waals surface area contributed by atoms with Crippen LogP contribution in [0, 0.1) is 0 Å². The molecule has 14 heavy (non-hydrogen) atoms. The number of nitrogens with one attached hydrogen (secondary N) is 2. The number of nitrogens with zero attached hydrogens (tertiary/aromatic N) is 2. The molecular formula is C8H12N4O2. The molecule has 0 fully saturated rings. The number of anilines is 1. The number of carbonyl (C=O) groups is 1. The maximum Gasteiger partial charge on any atom is 0.277 e. The minimum absolute atomic E-state index is 0.192. The van der Waals surface area contributed by atoms with Crippen molar-refractivity contribution in [3.8, 4) is 0 Å². The summed E-state index contributed by atoms with van der Waals surface area (Å²) in [4.78, 5) is 15.3. The minimum atomic E-state index is -1.04. The van der Waals surface area contributed by atoms with Crippen LogP contribution in [0.15, 0.2) is 6.33 Å². The maximum absolute atomic E-state index is 11.3. The van der Waals surface area contributed by atoms with Crippen molar-refractivity contribution in [1.82, 2.24) is 14.9 Å². The van der Waals surface area contributed by atoms with Gasteiger partial charge in [0.15, 0.2) is 5.69 Å². The fourth-order valence-corrected chi connectivity index (χ4v) is 1.42. The Morgan fingerprint density at radius 3 is 2.93 bits per heavy atom. The largest absolute Gasteiger partial charge is 0.356 e. The van der Waals surface area contributed by atoms with Crippen molar-refractivity contribution in [2.45, 2.75) is 26.2 Å². The zero-order valence-corrected chi connectivity index (χ0v) is 7.98. The van der Waals surface area contributed by atoms with E-state index in [0.29, 0.717) is 11.5 Å². The molecule has 1 aliphatic heterocycles. The lowest BCUT2D eigenvalue weighted by molar-refractivity contribution is 0.0806. The fraction of sp³-hybridized carbons (Fsp3) is 0.500. The number of hydrogen-bond donors (Lipinski definition) is 3. The van der Waals surface area contributed by atoms with Gasteiger partial charge in [0.1, 0.15) is 5.82 Å². The average Bonchev–Trinajstić information content (AvgIpc) is 2.47. The smallest absolute Gasteiger partial charge is 0.277 e. The van der Waals surface area contributed by atoms with Crippen molar-refractivity contribution in [2.24, 2.45) is 0 Å². The van der Waals surface area contributed by atoms with Crippen molar-refractivity contribution >= 4 is 11.7 Å². The van der Waals surface area contributed by atoms with E-state index in [1.807, 2.05) is 13.8 Å². The van der Waals surface area contributed by atoms with Gasteiger partial charge in [-0.25, -0.2) is 4.98 Å². The first-order valence-electron chi connectivity index (χ1n) is 4.42. The summed E-state index contributed by atoms with van der Waals surface area (Å²) in [6.07, 6.45) is 0.546. The molecule has 1 atom stereocenters. The molecule has 0 bridgehead atoms. The van der Waals surface area contributed by atoms with Crippen LogP contribution in [-0.2, 0) is 0 Å². The Labute approximate surface area is 80.9 Å². The van der Waals surface area contributed by atoms with Crippen LogP contribution in [0.1, 0.15) is 30.4 Å². The first-order chi connectivity index (χ1) is 6.59. The Kier molecular flexibility index (Phi) is 1.92. The Balaban J connectivity index is 2.46. The van der Waals surface area contributed by atoms with Crippen LogP contribution < -0.4 is 10.6 Å². The van der Waals surface area contributed by atoms with Gasteiger partial charge in [-0.1, -0.05) is 0 Å². The van der Waals surface area contributed by atoms with Gasteiger partial charge >= 0.3 is 0 Å². The second-order valence-electron chi connectivity index (χ2n) is 3.46. The predicted octanol–water partition coefficient (Wildman–Crippen LogP) is -0.105. The zero-order valence-electron chi connectivity index (χ0n) is 7.98. The molecule has 0 saturated heterocycles. The van der Waals surface area contributed by atoms with Crippen LogP contribution in [0.2, 0.25) is 0 Å². The van der Waals surface area contributed by atoms with Crippen LogP contribution in [-0.4, -0.2) is 26.9 Å². The maximum atomic E-state index is 11.3. The van der Waals surface area contributed by atoms with Gasteiger partial charge in [0.25, 0.3) is 5.91 Å². The molecule has 3 N–H and O–H groups in total. The van der Waals surface area contributed by atoms with E-state index < -0.39 is 6.35 Å². The predicted molar refractivity (Wildman–Crippen MR) is 49.7 cm³/mol. The SMILES string of the molecule is CC(C)n1cnc2c1NC(O)NC2=O. The third kappa shape index (κ3) is 1.24. The number of hydrogen-bond acceptors (Lipinski definition) is 4. The summed E-state index contributed by atoms with van der Waals surface area (Å²) in [5.74, 6) is 0.210. The molecule has 0 aliphatic carbocycles. The molecule has 1 unspecified atom stereocenters. The van der Waals surface area contributed by atoms with Crippen molar-refractivity contribution in [3.05, 3.63) is 12.0 Å². The van der Waals surface area contributed by atoms with E-state index in [4.69, 9.17) is 0 Å². The van der Waals surface area contributed by atoms with Crippen LogP contribution >= 0.6 is 0 Å². The Hall–Kier alpha value is -1.56. The lowest BCUT2D eigenvalue weighted by Crippen LogP contribution is -2.45. The number of amides is 1. The topological polar surface area (TPSA) is 79.2 Å². The highest BCUT2D eigenvalue weighted by Gasteiger charge is 2.27. The number of aliphatic hydroxyl groups is 1. The van der Waals surface area contributed by atoms with Crippen LogP contribution in [0.4, 0.5) is 5.82 Å². The fourth-order valence-electron chi connectivity index (χ4n) is 1.42. The number of fused-ring (bicyclic) bond motifs is 1. The second kappa shape index (κ2) is 2.98. The Morgan fingerprint density at radius 2 is 2.29 bits per heavy atom. The molecule has 76 valence electrons. The minimum Gasteiger partial charge on any atom is -0.356 e. The van der Waals surface area contributed by atoms with E-state index >= 15 is 0 Å². The number of carbonyl (C=O) groups excluding carboxylic acids is 1. The van der Waals surface area contributed by atoms with Crippen LogP contribution in [0.25, 0.3) is 0 Å². The standard InChI is InChI=1S/C8H12N4O2/c1-4(2)12-3-9-5-6(12)10-8(14)11-7(5)13/h3-4,8,10,14H,1-2H3,(H,11,13). The lowest BCUT2D eigenvalue weighted by atomic mass is 10.3. The highest BCUT2D eigenvalue weighted by atomic mass is 16.3. The summed E-state index contributed by atoms with van der Waals surface area (Å²) >= 11 is 0. The van der Waals surface area contributed by atoms with Crippen LogP contribution in [0.3, 0.4) is 0 Å². The van der Waals surface area contributed by atoms with E-state index in [1.165, 1.54) is 0 Å². The van der Waals surface area contributed by atoms with Gasteiger partial charge in [-0.05, 0) is 13.8 Å². The van der Waals surface area contributed by atoms with Gasteiger partial charge in [0.2, 0.25) is 6.35 Å². The number of aromatic nitrogens is 2. The first-order valence-corrected chi connectivity index (χ1v) is 4.42. The Morgan fingerprint density at radius 1 is 1.57 bits per heavy atom. The van der Waals surface area contributed by atoms with Crippen molar-refractivity contribution in [1.29, 1.82) is 0 Å². The van der Waals surface area contributed by atoms with Gasteiger partial charge < -0.3 is 20.3 Å². The van der Waals surface area contributed by atoms with Gasteiger partial charge in [-0.2, -0.15) is 0 Å². The van der Waals surface area contributed by atoms with Gasteiger partial charge in [0.05, 0.1) is 6.33 Å². The molecule has 1 aliphatic rings. The molecule has 1 aromatic heterocycles. The first kappa shape index (κ1) is 9.01. The second-order valence-corrected chi connectivity index (χ2v) is 3.46. The van der Waals surface area contributed by atoms with E-state index in [2.05, 4.69) is 15.6 Å². The normalized spacial score (nSPS) is 20.3. The van der Waals surface area contributed by atoms with E-state index in [-0.39, 0.29) is 11.9 Å². The highest BCUT2D eigenvalue weighted by Crippen LogP contribution is 2.22. The number of imidazole rings is 1. The van der Waals surface area contributed by atoms with Gasteiger partial charge in [-0.3, -0.25) is 4.79 Å². The van der Waals surface area contributed by atoms with E-state index in [0.717, 1.165) is 0 Å². The molecule has 0 radical (unpaired) electrons. The number of rotatable bonds is 1. The highest BCUT2D eigenvalue weighted by molar-refractivity contribution is 5.98. The summed E-state index contributed by atoms with van der Waals surface area (Å²) in [6.45, 7) is 3.95. The molecule has 2 heterocycles. The number of aliphatic hydroxyl groups excluding tert-OH is 1. The summed E-state index contributed by atoms with van der Waals surface area (Å²) in [5, 5.41) is 14.3. The summed E-state index contributed by atoms with van der Waals surface area (Å²) in [7, 11) is 0. The van der Waals surface area contributed by atoms with E-state index in [1.54, 1.807) is 10.9 Å². The lowest BCUT2D eigenvalue weighted by Gasteiger charge is -2.23. The average molecular weight is 196 g/mol. The molecule has 6 heteroatoms. The molecule has 1 aromatic rings.